The first-order valence-electron chi connectivity index (χ1n) is 19.9. The molecule has 13 atom stereocenters. The Morgan fingerprint density at radius 2 is 1.79 bits per heavy atom. The Balaban J connectivity index is 1.42. The molecule has 13 heteroatoms. The summed E-state index contributed by atoms with van der Waals surface area (Å²) in [5.74, 6) is 2.49. The van der Waals surface area contributed by atoms with Gasteiger partial charge in [-0.15, -0.1) is 0 Å². The first kappa shape index (κ1) is 41.7. The normalized spacial score (nSPS) is 38.2. The van der Waals surface area contributed by atoms with E-state index in [0.29, 0.717) is 25.9 Å². The number of hydrogen-bond acceptors (Lipinski definition) is 12. The van der Waals surface area contributed by atoms with Gasteiger partial charge in [0, 0.05) is 47.3 Å². The third kappa shape index (κ3) is 8.09. The summed E-state index contributed by atoms with van der Waals surface area (Å²) < 4.78 is 31.9. The van der Waals surface area contributed by atoms with Gasteiger partial charge in [0.05, 0.1) is 35.9 Å². The number of nitrogens with zero attached hydrogens (tertiary/aromatic N) is 4. The predicted molar refractivity (Wildman–Crippen MR) is 210 cm³/mol. The smallest absolute Gasteiger partial charge is 0.410 e. The molecule has 0 spiro atoms. The standard InChI is InChI=1S/C43H58N4O9/c1-24-22-42(7,52-19-13-14-30-21-31-15-11-12-16-32(31)45-23-30)38(55-40-36(49)33(46(9)10)20-25(2)53-40)27(4)35(48)28(5)39(50)54-29(6)43(8)37-26(3)34(24)44-17-18-47(37)41(51)56-43/h11-12,15-16,21,23-29,33,36-38,40,49H,17-20,22H2,1-10H3/t24-,25+,26-,27+,28-,29+,33-,36?,37-,38-,40-,42+,43-/m1/s1. The van der Waals surface area contributed by atoms with Gasteiger partial charge in [-0.2, -0.15) is 0 Å². The molecule has 4 aliphatic rings. The van der Waals surface area contributed by atoms with Gasteiger partial charge in [0.1, 0.15) is 24.7 Å². The second kappa shape index (κ2) is 16.5. The van der Waals surface area contributed by atoms with Crippen LogP contribution in [0.2, 0.25) is 0 Å². The summed E-state index contributed by atoms with van der Waals surface area (Å²) in [6.45, 7) is 15.3. The average Bonchev–Trinajstić information content (AvgIpc) is 3.29. The van der Waals surface area contributed by atoms with Crippen molar-refractivity contribution >= 4 is 34.5 Å². The lowest BCUT2D eigenvalue weighted by Gasteiger charge is -2.47. The summed E-state index contributed by atoms with van der Waals surface area (Å²) in [7, 11) is 3.79. The summed E-state index contributed by atoms with van der Waals surface area (Å²) in [6, 6.07) is 9.02. The Hall–Kier alpha value is -3.93. The highest BCUT2D eigenvalue weighted by Crippen LogP contribution is 2.43. The molecular weight excluding hydrogens is 716 g/mol. The number of para-hydroxylation sites is 1. The minimum atomic E-state index is -1.25. The molecular formula is C43H58N4O9. The fraction of sp³-hybridized carbons (Fsp3) is 0.651. The van der Waals surface area contributed by atoms with Crippen molar-refractivity contribution in [1.29, 1.82) is 0 Å². The second-order valence-electron chi connectivity index (χ2n) is 16.8. The maximum atomic E-state index is 14.5. The molecule has 6 rings (SSSR count). The van der Waals surface area contributed by atoms with Gasteiger partial charge in [0.15, 0.2) is 17.7 Å². The first-order valence-corrected chi connectivity index (χ1v) is 19.9. The zero-order valence-electron chi connectivity index (χ0n) is 34.4. The van der Waals surface area contributed by atoms with Crippen molar-refractivity contribution in [2.45, 2.75) is 122 Å². The van der Waals surface area contributed by atoms with E-state index in [0.717, 1.165) is 22.2 Å². The third-order valence-corrected chi connectivity index (χ3v) is 12.5. The fourth-order valence-electron chi connectivity index (χ4n) is 9.34. The number of hydrogen-bond donors (Lipinski definition) is 1. The Morgan fingerprint density at radius 3 is 2.52 bits per heavy atom. The molecule has 4 aliphatic heterocycles. The number of aliphatic hydroxyl groups excluding tert-OH is 1. The zero-order chi connectivity index (χ0) is 40.7. The topological polar surface area (TPSA) is 149 Å². The summed E-state index contributed by atoms with van der Waals surface area (Å²) in [6.07, 6.45) is -2.16. The molecule has 56 heavy (non-hydrogen) atoms. The monoisotopic (exact) mass is 774 g/mol. The number of carbonyl (C=O) groups excluding carboxylic acids is 3. The maximum absolute atomic E-state index is 14.5. The quantitative estimate of drug-likeness (QED) is 0.257. The van der Waals surface area contributed by atoms with Crippen molar-refractivity contribution in [3.8, 4) is 11.8 Å². The molecule has 5 heterocycles. The molecule has 0 saturated carbocycles. The number of likely N-dealkylation sites (N-methyl/N-ethyl adjacent to an activating group) is 1. The molecule has 3 fully saturated rings. The van der Waals surface area contributed by atoms with Crippen molar-refractivity contribution in [2.24, 2.45) is 28.7 Å². The Kier molecular flexibility index (Phi) is 12.3. The fourth-order valence-corrected chi connectivity index (χ4v) is 9.34. The Labute approximate surface area is 330 Å². The van der Waals surface area contributed by atoms with E-state index in [9.17, 15) is 19.5 Å². The number of pyridine rings is 1. The van der Waals surface area contributed by atoms with E-state index in [-0.39, 0.29) is 30.6 Å². The number of aliphatic hydroxyl groups is 1. The summed E-state index contributed by atoms with van der Waals surface area (Å²) in [4.78, 5) is 54.9. The van der Waals surface area contributed by atoms with Gasteiger partial charge in [0.25, 0.3) is 0 Å². The maximum Gasteiger partial charge on any atom is 0.410 e. The number of rotatable bonds is 5. The van der Waals surface area contributed by atoms with E-state index in [1.165, 1.54) is 6.92 Å². The van der Waals surface area contributed by atoms with Crippen molar-refractivity contribution in [2.75, 3.05) is 33.8 Å². The van der Waals surface area contributed by atoms with E-state index in [2.05, 4.69) is 23.7 Å². The number of amides is 1. The second-order valence-corrected chi connectivity index (χ2v) is 16.8. The number of aromatic nitrogens is 1. The van der Waals surface area contributed by atoms with Crippen LogP contribution in [0, 0.1) is 35.5 Å². The van der Waals surface area contributed by atoms with Crippen LogP contribution in [0.5, 0.6) is 0 Å². The van der Waals surface area contributed by atoms with Crippen LogP contribution in [0.1, 0.15) is 73.8 Å². The highest BCUT2D eigenvalue weighted by molar-refractivity contribution is 6.00. The molecule has 2 aromatic rings. The van der Waals surface area contributed by atoms with Crippen LogP contribution in [0.4, 0.5) is 4.79 Å². The van der Waals surface area contributed by atoms with Crippen LogP contribution in [0.15, 0.2) is 41.5 Å². The lowest BCUT2D eigenvalue weighted by atomic mass is 9.73. The molecule has 3 saturated heterocycles. The van der Waals surface area contributed by atoms with E-state index < -0.39 is 71.5 Å². The largest absolute Gasteiger partial charge is 0.458 e. The van der Waals surface area contributed by atoms with Crippen LogP contribution in [0.3, 0.4) is 0 Å². The molecule has 1 aromatic carbocycles. The van der Waals surface area contributed by atoms with Crippen LogP contribution < -0.4 is 0 Å². The number of ketones is 1. The number of ether oxygens (including phenoxy) is 5. The van der Waals surface area contributed by atoms with Crippen LogP contribution >= 0.6 is 0 Å². The van der Waals surface area contributed by atoms with Gasteiger partial charge >= 0.3 is 12.1 Å². The van der Waals surface area contributed by atoms with Gasteiger partial charge in [-0.1, -0.05) is 50.8 Å². The number of Topliss-reactive ketones (excluding diaryl/α,β-unsaturated/α-hetero) is 1. The highest BCUT2D eigenvalue weighted by Gasteiger charge is 2.60. The van der Waals surface area contributed by atoms with Gasteiger partial charge in [-0.25, -0.2) is 4.79 Å². The van der Waals surface area contributed by atoms with Crippen LogP contribution in [-0.2, 0) is 33.3 Å². The summed E-state index contributed by atoms with van der Waals surface area (Å²) >= 11 is 0. The summed E-state index contributed by atoms with van der Waals surface area (Å²) in [5, 5.41) is 12.6. The Morgan fingerprint density at radius 1 is 1.05 bits per heavy atom. The van der Waals surface area contributed by atoms with Crippen molar-refractivity contribution in [3.63, 3.8) is 0 Å². The van der Waals surface area contributed by atoms with Gasteiger partial charge in [-0.05, 0) is 79.6 Å². The first-order chi connectivity index (χ1) is 26.4. The molecule has 1 N–H and O–H groups in total. The van der Waals surface area contributed by atoms with Gasteiger partial charge < -0.3 is 33.7 Å². The van der Waals surface area contributed by atoms with Gasteiger partial charge in [-0.3, -0.25) is 24.5 Å². The summed E-state index contributed by atoms with van der Waals surface area (Å²) in [5.41, 5.74) is -0.0143. The van der Waals surface area contributed by atoms with E-state index in [1.807, 2.05) is 70.1 Å². The molecule has 1 amide bonds. The SMILES string of the molecule is C[C@H]1C(=O)O[C@@H](C)[C@@]2(C)OC(=O)N3CCN=C([C@H](C)C[C@](C)(OCC#Cc4cnc5ccccc5c4)[C@H](O[C@H]4O[C@@H](C)C[C@@H](N(C)C)C4O)[C@@H](C)C1=O)[C@@H](C)[C@@H]32. The minimum absolute atomic E-state index is 0.0322. The lowest BCUT2D eigenvalue weighted by molar-refractivity contribution is -0.296. The number of fused-ring (bicyclic) bond motifs is 2. The zero-order valence-corrected chi connectivity index (χ0v) is 34.4. The van der Waals surface area contributed by atoms with Crippen molar-refractivity contribution < 1.29 is 43.2 Å². The number of cyclic esters (lactones) is 1. The number of esters is 1. The average molecular weight is 775 g/mol. The van der Waals surface area contributed by atoms with Crippen molar-refractivity contribution in [1.82, 2.24) is 14.8 Å². The van der Waals surface area contributed by atoms with Gasteiger partial charge in [0.2, 0.25) is 0 Å². The number of benzene rings is 1. The molecule has 13 nitrogen and oxygen atoms in total. The van der Waals surface area contributed by atoms with E-state index in [4.69, 9.17) is 28.7 Å². The van der Waals surface area contributed by atoms with Crippen molar-refractivity contribution in [3.05, 3.63) is 42.1 Å². The molecule has 1 aromatic heterocycles. The molecule has 2 bridgehead atoms. The molecule has 0 radical (unpaired) electrons. The predicted octanol–water partition coefficient (Wildman–Crippen LogP) is 4.66. The van der Waals surface area contributed by atoms with E-state index in [1.54, 1.807) is 31.9 Å². The molecule has 0 aliphatic carbocycles. The lowest BCUT2D eigenvalue weighted by Crippen LogP contribution is -2.60. The van der Waals surface area contributed by atoms with E-state index >= 15 is 0 Å². The molecule has 1 unspecified atom stereocenters. The van der Waals surface area contributed by atoms with Crippen LogP contribution in [-0.4, -0.2) is 131 Å². The highest BCUT2D eigenvalue weighted by atomic mass is 16.7. The number of aliphatic imine (C=N–C) groups is 1. The third-order valence-electron chi connectivity index (χ3n) is 12.5. The minimum Gasteiger partial charge on any atom is -0.458 e. The van der Waals surface area contributed by atoms with Crippen LogP contribution in [0.25, 0.3) is 10.9 Å². The Bertz CT molecular complexity index is 1890. The molecule has 304 valence electrons. The number of carbonyl (C=O) groups is 3.